The van der Waals surface area contributed by atoms with Crippen molar-refractivity contribution in [3.05, 3.63) is 94.5 Å². The zero-order valence-corrected chi connectivity index (χ0v) is 15.9. The van der Waals surface area contributed by atoms with Gasteiger partial charge in [-0.1, -0.05) is 0 Å². The third-order valence-corrected chi connectivity index (χ3v) is 5.08. The van der Waals surface area contributed by atoms with Crippen LogP contribution in [0.5, 0.6) is 0 Å². The summed E-state index contributed by atoms with van der Waals surface area (Å²) in [6.45, 7) is 2.24. The number of halogens is 1. The third kappa shape index (κ3) is 3.84. The molecule has 140 valence electrons. The minimum absolute atomic E-state index is 0.177. The molecule has 4 rings (SSSR count). The zero-order valence-electron chi connectivity index (χ0n) is 15.1. The van der Waals surface area contributed by atoms with E-state index in [0.29, 0.717) is 17.8 Å². The number of nitrogens with zero attached hydrogens (tertiary/aromatic N) is 4. The van der Waals surface area contributed by atoms with Crippen molar-refractivity contribution < 1.29 is 9.18 Å². The summed E-state index contributed by atoms with van der Waals surface area (Å²) in [6.07, 6.45) is 3.54. The van der Waals surface area contributed by atoms with Crippen LogP contribution in [0.15, 0.2) is 72.4 Å². The number of aryl methyl sites for hydroxylation is 1. The van der Waals surface area contributed by atoms with Gasteiger partial charge in [0.05, 0.1) is 22.9 Å². The van der Waals surface area contributed by atoms with E-state index in [9.17, 15) is 9.18 Å². The van der Waals surface area contributed by atoms with E-state index < -0.39 is 0 Å². The first-order valence-electron chi connectivity index (χ1n) is 8.69. The normalized spacial score (nSPS) is 10.8. The van der Waals surface area contributed by atoms with Gasteiger partial charge in [0.15, 0.2) is 0 Å². The number of carbonyl (C=O) groups excluding carboxylic acids is 1. The van der Waals surface area contributed by atoms with Crippen molar-refractivity contribution in [1.29, 1.82) is 0 Å². The minimum atomic E-state index is -0.343. The molecule has 0 bridgehead atoms. The van der Waals surface area contributed by atoms with E-state index in [4.69, 9.17) is 0 Å². The Balaban J connectivity index is 1.64. The molecule has 0 radical (unpaired) electrons. The van der Waals surface area contributed by atoms with E-state index in [1.807, 2.05) is 36.7 Å². The van der Waals surface area contributed by atoms with Gasteiger partial charge >= 0.3 is 0 Å². The Morgan fingerprint density at radius 1 is 1.14 bits per heavy atom. The molecule has 0 atom stereocenters. The highest BCUT2D eigenvalue weighted by molar-refractivity contribution is 7.09. The molecule has 2 aromatic carbocycles. The van der Waals surface area contributed by atoms with Crippen molar-refractivity contribution in [2.75, 3.05) is 4.90 Å². The predicted molar refractivity (Wildman–Crippen MR) is 107 cm³/mol. The van der Waals surface area contributed by atoms with Crippen LogP contribution in [0.4, 0.5) is 10.1 Å². The fourth-order valence-electron chi connectivity index (χ4n) is 2.88. The van der Waals surface area contributed by atoms with Crippen LogP contribution in [0.25, 0.3) is 5.69 Å². The number of aromatic nitrogens is 3. The van der Waals surface area contributed by atoms with Crippen LogP contribution >= 0.6 is 11.3 Å². The van der Waals surface area contributed by atoms with Crippen LogP contribution in [0.1, 0.15) is 21.1 Å². The predicted octanol–water partition coefficient (Wildman–Crippen LogP) is 4.62. The maximum atomic E-state index is 13.4. The topological polar surface area (TPSA) is 51.0 Å². The average Bonchev–Trinajstić information content (AvgIpc) is 3.39. The quantitative estimate of drug-likeness (QED) is 0.498. The largest absolute Gasteiger partial charge is 0.302 e. The van der Waals surface area contributed by atoms with Crippen molar-refractivity contribution >= 4 is 22.9 Å². The molecule has 0 saturated heterocycles. The first-order chi connectivity index (χ1) is 13.6. The van der Waals surface area contributed by atoms with Gasteiger partial charge in [-0.15, -0.1) is 11.3 Å². The molecule has 4 aromatic rings. The summed E-state index contributed by atoms with van der Waals surface area (Å²) < 4.78 is 15.1. The maximum absolute atomic E-state index is 13.4. The molecule has 0 saturated carbocycles. The number of amides is 1. The molecule has 0 N–H and O–H groups in total. The van der Waals surface area contributed by atoms with E-state index >= 15 is 0 Å². The SMILES string of the molecule is Cc1nc(CN(C(=O)c2ccc(-n3cccn3)cc2)c2ccc(F)cc2)cs1. The first kappa shape index (κ1) is 18.1. The van der Waals surface area contributed by atoms with Gasteiger partial charge in [-0.05, 0) is 61.5 Å². The van der Waals surface area contributed by atoms with Gasteiger partial charge < -0.3 is 4.90 Å². The Morgan fingerprint density at radius 3 is 2.50 bits per heavy atom. The van der Waals surface area contributed by atoms with Crippen LogP contribution in [0, 0.1) is 12.7 Å². The molecule has 0 aliphatic heterocycles. The van der Waals surface area contributed by atoms with Gasteiger partial charge in [0.2, 0.25) is 0 Å². The van der Waals surface area contributed by atoms with Gasteiger partial charge in [0.25, 0.3) is 5.91 Å². The van der Waals surface area contributed by atoms with E-state index in [1.165, 1.54) is 23.5 Å². The molecule has 0 spiro atoms. The first-order valence-corrected chi connectivity index (χ1v) is 9.56. The summed E-state index contributed by atoms with van der Waals surface area (Å²) in [5, 5.41) is 7.05. The van der Waals surface area contributed by atoms with Crippen molar-refractivity contribution in [3.8, 4) is 5.69 Å². The molecule has 7 heteroatoms. The Labute approximate surface area is 165 Å². The van der Waals surface area contributed by atoms with Crippen molar-refractivity contribution in [2.45, 2.75) is 13.5 Å². The van der Waals surface area contributed by atoms with E-state index in [2.05, 4.69) is 10.1 Å². The molecule has 0 aliphatic rings. The second-order valence-electron chi connectivity index (χ2n) is 6.22. The molecule has 0 unspecified atom stereocenters. The standard InChI is InChI=1S/C21H17FN4OS/c1-15-24-18(14-28-15)13-25(19-9-5-17(22)6-10-19)21(27)16-3-7-20(8-4-16)26-12-2-11-23-26/h2-12,14H,13H2,1H3. The van der Waals surface area contributed by atoms with Gasteiger partial charge in [-0.25, -0.2) is 14.1 Å². The molecule has 2 heterocycles. The van der Waals surface area contributed by atoms with Crippen molar-refractivity contribution in [1.82, 2.24) is 14.8 Å². The number of hydrogen-bond donors (Lipinski definition) is 0. The Morgan fingerprint density at radius 2 is 1.89 bits per heavy atom. The molecule has 1 amide bonds. The maximum Gasteiger partial charge on any atom is 0.258 e. The van der Waals surface area contributed by atoms with Crippen molar-refractivity contribution in [3.63, 3.8) is 0 Å². The molecule has 2 aromatic heterocycles. The molecular weight excluding hydrogens is 375 g/mol. The number of benzene rings is 2. The second-order valence-corrected chi connectivity index (χ2v) is 7.29. The van der Waals surface area contributed by atoms with Gasteiger partial charge in [-0.3, -0.25) is 4.79 Å². The van der Waals surface area contributed by atoms with E-state index in [0.717, 1.165) is 16.4 Å². The summed E-state index contributed by atoms with van der Waals surface area (Å²) >= 11 is 1.53. The molecule has 0 aliphatic carbocycles. The highest BCUT2D eigenvalue weighted by Crippen LogP contribution is 2.22. The second kappa shape index (κ2) is 7.74. The van der Waals surface area contributed by atoms with Crippen molar-refractivity contribution in [2.24, 2.45) is 0 Å². The lowest BCUT2D eigenvalue weighted by Gasteiger charge is -2.22. The van der Waals surface area contributed by atoms with Crippen LogP contribution in [0.3, 0.4) is 0 Å². The van der Waals surface area contributed by atoms with Crippen LogP contribution in [0.2, 0.25) is 0 Å². The number of thiazole rings is 1. The van der Waals surface area contributed by atoms with Gasteiger partial charge in [0.1, 0.15) is 5.82 Å². The summed E-state index contributed by atoms with van der Waals surface area (Å²) in [7, 11) is 0. The Bertz CT molecular complexity index is 1070. The van der Waals surface area contributed by atoms with E-state index in [-0.39, 0.29) is 11.7 Å². The fraction of sp³-hybridized carbons (Fsp3) is 0.0952. The Hall–Kier alpha value is -3.32. The van der Waals surface area contributed by atoms with Gasteiger partial charge in [-0.2, -0.15) is 5.10 Å². The monoisotopic (exact) mass is 392 g/mol. The Kier molecular flexibility index (Phi) is 4.99. The summed E-state index contributed by atoms with van der Waals surface area (Å²) in [5.74, 6) is -0.520. The summed E-state index contributed by atoms with van der Waals surface area (Å²) in [4.78, 5) is 19.3. The lowest BCUT2D eigenvalue weighted by molar-refractivity contribution is 0.0985. The molecule has 5 nitrogen and oxygen atoms in total. The number of carbonyl (C=O) groups is 1. The summed E-state index contributed by atoms with van der Waals surface area (Å²) in [6, 6.07) is 15.0. The molecule has 0 fully saturated rings. The highest BCUT2D eigenvalue weighted by atomic mass is 32.1. The number of hydrogen-bond acceptors (Lipinski definition) is 4. The van der Waals surface area contributed by atoms with Crippen LogP contribution < -0.4 is 4.90 Å². The third-order valence-electron chi connectivity index (χ3n) is 4.25. The van der Waals surface area contributed by atoms with Gasteiger partial charge in [0, 0.05) is 29.0 Å². The lowest BCUT2D eigenvalue weighted by Crippen LogP contribution is -2.30. The average molecular weight is 392 g/mol. The zero-order chi connectivity index (χ0) is 19.5. The number of rotatable bonds is 5. The molecular formula is C21H17FN4OS. The van der Waals surface area contributed by atoms with Crippen LogP contribution in [-0.2, 0) is 6.54 Å². The van der Waals surface area contributed by atoms with E-state index in [1.54, 1.807) is 40.0 Å². The van der Waals surface area contributed by atoms with Crippen LogP contribution in [-0.4, -0.2) is 20.7 Å². The summed E-state index contributed by atoms with van der Waals surface area (Å²) in [5.41, 5.74) is 2.82. The number of anilines is 1. The smallest absolute Gasteiger partial charge is 0.258 e. The minimum Gasteiger partial charge on any atom is -0.302 e. The fourth-order valence-corrected chi connectivity index (χ4v) is 3.48. The highest BCUT2D eigenvalue weighted by Gasteiger charge is 2.19. The molecule has 28 heavy (non-hydrogen) atoms. The lowest BCUT2D eigenvalue weighted by atomic mass is 10.1.